The molecule has 1 heterocycles. The molecule has 20 heavy (non-hydrogen) atoms. The summed E-state index contributed by atoms with van der Waals surface area (Å²) in [7, 11) is 4.12. The topological polar surface area (TPSA) is 45.3 Å². The lowest BCUT2D eigenvalue weighted by Crippen LogP contribution is -2.15. The molecule has 0 atom stereocenters. The van der Waals surface area contributed by atoms with Gasteiger partial charge in [-0.15, -0.1) is 0 Å². The quantitative estimate of drug-likeness (QED) is 0.673. The number of hydrogen-bond acceptors (Lipinski definition) is 3. The summed E-state index contributed by atoms with van der Waals surface area (Å²) in [6, 6.07) is 5.82. The Hall–Kier alpha value is -1.81. The first-order valence-corrected chi connectivity index (χ1v) is 6.94. The highest BCUT2D eigenvalue weighted by Crippen LogP contribution is 2.28. The monoisotopic (exact) mass is 274 g/mol. The third kappa shape index (κ3) is 3.20. The molecule has 1 aromatic carbocycles. The van der Waals surface area contributed by atoms with Gasteiger partial charge in [-0.3, -0.25) is 4.79 Å². The molecule has 4 nitrogen and oxygen atoms in total. The lowest BCUT2D eigenvalue weighted by molar-refractivity contribution is -0.137. The van der Waals surface area contributed by atoms with Crippen molar-refractivity contribution in [3.8, 4) is 5.75 Å². The van der Waals surface area contributed by atoms with Gasteiger partial charge in [0.25, 0.3) is 0 Å². The van der Waals surface area contributed by atoms with E-state index in [0.717, 1.165) is 23.9 Å². The summed E-state index contributed by atoms with van der Waals surface area (Å²) in [5.74, 6) is 0.271. The summed E-state index contributed by atoms with van der Waals surface area (Å²) in [5.41, 5.74) is 2.14. The van der Waals surface area contributed by atoms with E-state index >= 15 is 0 Å². The van der Waals surface area contributed by atoms with Crippen LogP contribution in [0.4, 0.5) is 0 Å². The van der Waals surface area contributed by atoms with Gasteiger partial charge in [0.1, 0.15) is 0 Å². The van der Waals surface area contributed by atoms with Crippen molar-refractivity contribution >= 4 is 16.9 Å². The van der Waals surface area contributed by atoms with E-state index in [1.807, 2.05) is 32.2 Å². The molecule has 2 rings (SSSR count). The van der Waals surface area contributed by atoms with E-state index in [2.05, 4.69) is 30.0 Å². The molecular weight excluding hydrogens is 252 g/mol. The summed E-state index contributed by atoms with van der Waals surface area (Å²) in [6.07, 6.45) is 2.97. The number of likely N-dealkylation sites (N-methyl/N-ethyl adjacent to an activating group) is 1. The van der Waals surface area contributed by atoms with Crippen LogP contribution in [0, 0.1) is 5.92 Å². The fourth-order valence-electron chi connectivity index (χ4n) is 2.05. The van der Waals surface area contributed by atoms with Crippen LogP contribution >= 0.6 is 0 Å². The average Bonchev–Trinajstić information content (AvgIpc) is 2.80. The minimum absolute atomic E-state index is 0.131. The number of ether oxygens (including phenoxy) is 1. The molecule has 4 heteroatoms. The molecule has 1 N–H and O–H groups in total. The van der Waals surface area contributed by atoms with E-state index in [1.165, 1.54) is 5.56 Å². The molecule has 0 unspecified atom stereocenters. The normalized spacial score (nSPS) is 11.5. The largest absolute Gasteiger partial charge is 0.424 e. The van der Waals surface area contributed by atoms with Gasteiger partial charge in [0.05, 0.1) is 11.4 Å². The zero-order valence-corrected chi connectivity index (χ0v) is 12.6. The van der Waals surface area contributed by atoms with E-state index in [9.17, 15) is 4.79 Å². The second kappa shape index (κ2) is 6.09. The Morgan fingerprint density at radius 1 is 1.35 bits per heavy atom. The summed E-state index contributed by atoms with van der Waals surface area (Å²) in [4.78, 5) is 17.1. The summed E-state index contributed by atoms with van der Waals surface area (Å²) < 4.78 is 5.45. The van der Waals surface area contributed by atoms with E-state index in [0.29, 0.717) is 5.75 Å². The third-order valence-corrected chi connectivity index (χ3v) is 3.27. The van der Waals surface area contributed by atoms with Crippen LogP contribution in [-0.2, 0) is 11.2 Å². The molecule has 0 spiro atoms. The lowest BCUT2D eigenvalue weighted by atomic mass is 10.1. The number of rotatable bonds is 5. The van der Waals surface area contributed by atoms with E-state index < -0.39 is 0 Å². The Morgan fingerprint density at radius 2 is 2.10 bits per heavy atom. The number of aromatic amines is 1. The van der Waals surface area contributed by atoms with Crippen LogP contribution in [0.15, 0.2) is 24.4 Å². The van der Waals surface area contributed by atoms with Crippen molar-refractivity contribution in [2.24, 2.45) is 5.92 Å². The molecule has 0 bridgehead atoms. The SMILES string of the molecule is CC(C)C(=O)Oc1cccc2c(CCN(C)C)c[nH]c12. The minimum Gasteiger partial charge on any atom is -0.424 e. The van der Waals surface area contributed by atoms with Crippen LogP contribution in [0.25, 0.3) is 10.9 Å². The van der Waals surface area contributed by atoms with Gasteiger partial charge >= 0.3 is 5.97 Å². The average molecular weight is 274 g/mol. The molecule has 0 radical (unpaired) electrons. The Morgan fingerprint density at radius 3 is 2.75 bits per heavy atom. The molecule has 0 aliphatic carbocycles. The number of para-hydroxylation sites is 1. The van der Waals surface area contributed by atoms with Gasteiger partial charge in [-0.25, -0.2) is 0 Å². The fraction of sp³-hybridized carbons (Fsp3) is 0.438. The van der Waals surface area contributed by atoms with Crippen molar-refractivity contribution in [2.75, 3.05) is 20.6 Å². The van der Waals surface area contributed by atoms with Crippen molar-refractivity contribution < 1.29 is 9.53 Å². The number of carbonyl (C=O) groups excluding carboxylic acids is 1. The van der Waals surface area contributed by atoms with Crippen LogP contribution < -0.4 is 4.74 Å². The van der Waals surface area contributed by atoms with Gasteiger partial charge in [0.2, 0.25) is 0 Å². The van der Waals surface area contributed by atoms with E-state index in [1.54, 1.807) is 0 Å². The maximum atomic E-state index is 11.7. The molecule has 0 aliphatic heterocycles. The van der Waals surface area contributed by atoms with Gasteiger partial charge in [-0.05, 0) is 32.1 Å². The Balaban J connectivity index is 2.27. The predicted molar refractivity (Wildman–Crippen MR) is 81.0 cm³/mol. The molecule has 2 aromatic rings. The van der Waals surface area contributed by atoms with Crippen LogP contribution in [0.3, 0.4) is 0 Å². The highest BCUT2D eigenvalue weighted by Gasteiger charge is 2.14. The number of aromatic nitrogens is 1. The number of fused-ring (bicyclic) bond motifs is 1. The van der Waals surface area contributed by atoms with Crippen LogP contribution in [0.1, 0.15) is 19.4 Å². The highest BCUT2D eigenvalue weighted by molar-refractivity contribution is 5.90. The zero-order valence-electron chi connectivity index (χ0n) is 12.6. The first-order chi connectivity index (χ1) is 9.49. The molecule has 0 saturated carbocycles. The number of nitrogens with one attached hydrogen (secondary N) is 1. The summed E-state index contributed by atoms with van der Waals surface area (Å²) in [5, 5.41) is 1.13. The number of H-pyrrole nitrogens is 1. The van der Waals surface area contributed by atoms with Crippen molar-refractivity contribution in [1.82, 2.24) is 9.88 Å². The van der Waals surface area contributed by atoms with Crippen molar-refractivity contribution in [3.05, 3.63) is 30.0 Å². The number of esters is 1. The van der Waals surface area contributed by atoms with Crippen LogP contribution in [0.5, 0.6) is 5.75 Å². The molecule has 108 valence electrons. The number of benzene rings is 1. The van der Waals surface area contributed by atoms with Gasteiger partial charge in [0, 0.05) is 18.1 Å². The van der Waals surface area contributed by atoms with Crippen molar-refractivity contribution in [2.45, 2.75) is 20.3 Å². The predicted octanol–water partition coefficient (Wildman–Crippen LogP) is 2.83. The van der Waals surface area contributed by atoms with Gasteiger partial charge < -0.3 is 14.6 Å². The maximum Gasteiger partial charge on any atom is 0.313 e. The molecule has 0 fully saturated rings. The van der Waals surface area contributed by atoms with Gasteiger partial charge in [-0.1, -0.05) is 26.0 Å². The summed E-state index contributed by atoms with van der Waals surface area (Å²) in [6.45, 7) is 4.66. The Bertz CT molecular complexity index is 600. The fourth-order valence-corrected chi connectivity index (χ4v) is 2.05. The second-order valence-corrected chi connectivity index (χ2v) is 5.62. The first-order valence-electron chi connectivity index (χ1n) is 6.94. The summed E-state index contributed by atoms with van der Waals surface area (Å²) >= 11 is 0. The van der Waals surface area contributed by atoms with Crippen LogP contribution in [-0.4, -0.2) is 36.5 Å². The van der Waals surface area contributed by atoms with Gasteiger partial charge in [0.15, 0.2) is 5.75 Å². The third-order valence-electron chi connectivity index (χ3n) is 3.27. The number of nitrogens with zero attached hydrogens (tertiary/aromatic N) is 1. The number of hydrogen-bond donors (Lipinski definition) is 1. The Kier molecular flexibility index (Phi) is 4.45. The number of carbonyl (C=O) groups is 1. The smallest absolute Gasteiger partial charge is 0.313 e. The molecule has 0 aliphatic rings. The maximum absolute atomic E-state index is 11.7. The van der Waals surface area contributed by atoms with Gasteiger partial charge in [-0.2, -0.15) is 0 Å². The standard InChI is InChI=1S/C16H22N2O2/c1-11(2)16(19)20-14-7-5-6-13-12(8-9-18(3)4)10-17-15(13)14/h5-7,10-11,17H,8-9H2,1-4H3. The highest BCUT2D eigenvalue weighted by atomic mass is 16.5. The van der Waals surface area contributed by atoms with Crippen molar-refractivity contribution in [3.63, 3.8) is 0 Å². The molecule has 0 amide bonds. The Labute approximate surface area is 119 Å². The van der Waals surface area contributed by atoms with E-state index in [-0.39, 0.29) is 11.9 Å². The molecule has 1 aromatic heterocycles. The van der Waals surface area contributed by atoms with E-state index in [4.69, 9.17) is 4.74 Å². The first kappa shape index (κ1) is 14.6. The lowest BCUT2D eigenvalue weighted by Gasteiger charge is -2.09. The second-order valence-electron chi connectivity index (χ2n) is 5.62. The minimum atomic E-state index is -0.207. The van der Waals surface area contributed by atoms with Crippen LogP contribution in [0.2, 0.25) is 0 Å². The van der Waals surface area contributed by atoms with Crippen molar-refractivity contribution in [1.29, 1.82) is 0 Å². The molecule has 0 saturated heterocycles. The molecular formula is C16H22N2O2. The zero-order chi connectivity index (χ0) is 14.7.